The van der Waals surface area contributed by atoms with Gasteiger partial charge in [-0.1, -0.05) is 11.6 Å². The zero-order chi connectivity index (χ0) is 22.9. The summed E-state index contributed by atoms with van der Waals surface area (Å²) in [6.45, 7) is 1.93. The molecule has 1 aromatic carbocycles. The lowest BCUT2D eigenvalue weighted by Gasteiger charge is -2.30. The van der Waals surface area contributed by atoms with E-state index in [1.807, 2.05) is 36.0 Å². The van der Waals surface area contributed by atoms with Crippen molar-refractivity contribution in [1.82, 2.24) is 34.7 Å². The largest absolute Gasteiger partial charge is 0.349 e. The summed E-state index contributed by atoms with van der Waals surface area (Å²) in [7, 11) is 3.98. The first kappa shape index (κ1) is 21.4. The molecular weight excluding hydrogens is 440 g/mol. The Kier molecular flexibility index (Phi) is 5.74. The van der Waals surface area contributed by atoms with Crippen LogP contribution in [0.1, 0.15) is 23.3 Å². The third kappa shape index (κ3) is 4.69. The van der Waals surface area contributed by atoms with E-state index in [1.54, 1.807) is 18.6 Å². The van der Waals surface area contributed by atoms with Gasteiger partial charge in [0.05, 0.1) is 22.6 Å². The van der Waals surface area contributed by atoms with Gasteiger partial charge in [-0.2, -0.15) is 0 Å². The number of carbonyl (C=O) groups is 1. The Bertz CT molecular complexity index is 1310. The average molecular weight is 465 g/mol. The molecule has 0 bridgehead atoms. The minimum Gasteiger partial charge on any atom is -0.349 e. The number of benzene rings is 1. The highest BCUT2D eigenvalue weighted by molar-refractivity contribution is 6.35. The summed E-state index contributed by atoms with van der Waals surface area (Å²) in [5, 5.41) is 7.66. The Morgan fingerprint density at radius 2 is 2.09 bits per heavy atom. The van der Waals surface area contributed by atoms with Crippen LogP contribution in [0.3, 0.4) is 0 Å². The van der Waals surface area contributed by atoms with Crippen molar-refractivity contribution in [2.75, 3.05) is 25.5 Å². The second-order valence-electron chi connectivity index (χ2n) is 8.50. The molecule has 1 aliphatic heterocycles. The fourth-order valence-corrected chi connectivity index (χ4v) is 4.45. The minimum atomic E-state index is -0.122. The van der Waals surface area contributed by atoms with Crippen LogP contribution in [0.15, 0.2) is 43.0 Å². The molecule has 3 aromatic heterocycles. The van der Waals surface area contributed by atoms with E-state index in [0.29, 0.717) is 22.4 Å². The summed E-state index contributed by atoms with van der Waals surface area (Å²) < 4.78 is 1.87. The molecule has 3 N–H and O–H groups in total. The number of likely N-dealkylation sites (tertiary alicyclic amines) is 1. The number of piperidine rings is 1. The summed E-state index contributed by atoms with van der Waals surface area (Å²) in [5.74, 6) is 0.312. The zero-order valence-electron chi connectivity index (χ0n) is 18.5. The van der Waals surface area contributed by atoms with E-state index in [0.717, 1.165) is 48.2 Å². The first-order valence-corrected chi connectivity index (χ1v) is 11.2. The van der Waals surface area contributed by atoms with Crippen LogP contribution < -0.4 is 10.6 Å². The van der Waals surface area contributed by atoms with E-state index in [2.05, 4.69) is 42.5 Å². The number of nitrogens with zero attached hydrogens (tertiary/aromatic N) is 5. The minimum absolute atomic E-state index is 0.122. The van der Waals surface area contributed by atoms with Crippen molar-refractivity contribution in [3.8, 4) is 11.4 Å². The maximum absolute atomic E-state index is 12.8. The van der Waals surface area contributed by atoms with E-state index in [1.165, 1.54) is 0 Å². The maximum Gasteiger partial charge on any atom is 0.267 e. The third-order valence-corrected chi connectivity index (χ3v) is 6.06. The summed E-state index contributed by atoms with van der Waals surface area (Å²) in [4.78, 5) is 31.4. The number of H-pyrrole nitrogens is 1. The van der Waals surface area contributed by atoms with Crippen molar-refractivity contribution in [2.45, 2.75) is 18.9 Å². The highest BCUT2D eigenvalue weighted by Gasteiger charge is 2.21. The molecule has 0 saturated carbocycles. The van der Waals surface area contributed by atoms with Crippen LogP contribution in [0.4, 0.5) is 11.6 Å². The molecular formula is C23H25ClN8O. The zero-order valence-corrected chi connectivity index (χ0v) is 19.2. The van der Waals surface area contributed by atoms with E-state index in [4.69, 9.17) is 11.6 Å². The number of likely N-dealkylation sites (N-methyl/N-ethyl adjacent to an activating group) is 1. The van der Waals surface area contributed by atoms with Gasteiger partial charge >= 0.3 is 0 Å². The second kappa shape index (κ2) is 8.84. The van der Waals surface area contributed by atoms with Crippen LogP contribution in [0.5, 0.6) is 0 Å². The molecule has 1 aliphatic rings. The van der Waals surface area contributed by atoms with E-state index in [-0.39, 0.29) is 11.9 Å². The van der Waals surface area contributed by atoms with E-state index in [9.17, 15) is 4.79 Å². The standard InChI is InChI=1S/C23H25ClN8O/c1-31-7-3-4-15(11-31)27-22(33)19-9-14-8-16(10-17(24)21(14)29-19)28-23-25-6-5-18(30-23)20-12-32(2)13-26-20/h5-6,8-10,12-13,15,29H,3-4,7,11H2,1-2H3,(H,27,33)(H,25,28,30). The topological polar surface area (TPSA) is 104 Å². The smallest absolute Gasteiger partial charge is 0.267 e. The number of halogens is 1. The summed E-state index contributed by atoms with van der Waals surface area (Å²) >= 11 is 6.52. The highest BCUT2D eigenvalue weighted by atomic mass is 35.5. The fourth-order valence-electron chi connectivity index (χ4n) is 4.18. The predicted molar refractivity (Wildman–Crippen MR) is 129 cm³/mol. The predicted octanol–water partition coefficient (Wildman–Crippen LogP) is 3.58. The van der Waals surface area contributed by atoms with Crippen LogP contribution in [-0.2, 0) is 7.05 Å². The van der Waals surface area contributed by atoms with E-state index < -0.39 is 0 Å². The first-order chi connectivity index (χ1) is 15.9. The molecule has 1 fully saturated rings. The van der Waals surface area contributed by atoms with Gasteiger partial charge in [0.2, 0.25) is 5.95 Å². The molecule has 0 spiro atoms. The second-order valence-corrected chi connectivity index (χ2v) is 8.90. The number of anilines is 2. The number of aryl methyl sites for hydroxylation is 1. The first-order valence-electron chi connectivity index (χ1n) is 10.8. The van der Waals surface area contributed by atoms with Crippen molar-refractivity contribution < 1.29 is 4.79 Å². The Balaban J connectivity index is 1.36. The molecule has 0 aliphatic carbocycles. The molecule has 4 heterocycles. The summed E-state index contributed by atoms with van der Waals surface area (Å²) in [6.07, 6.45) is 7.37. The number of rotatable bonds is 5. The number of nitrogens with one attached hydrogen (secondary N) is 3. The quantitative estimate of drug-likeness (QED) is 0.417. The third-order valence-electron chi connectivity index (χ3n) is 5.76. The Morgan fingerprint density at radius 1 is 1.21 bits per heavy atom. The van der Waals surface area contributed by atoms with Crippen molar-refractivity contribution >= 4 is 40.0 Å². The Labute approximate surface area is 196 Å². The number of hydrogen-bond donors (Lipinski definition) is 3. The fraction of sp³-hybridized carbons (Fsp3) is 0.304. The van der Waals surface area contributed by atoms with Crippen LogP contribution in [0, 0.1) is 0 Å². The van der Waals surface area contributed by atoms with Gasteiger partial charge in [-0.3, -0.25) is 4.79 Å². The van der Waals surface area contributed by atoms with Crippen LogP contribution in [-0.4, -0.2) is 61.5 Å². The SMILES string of the molecule is CN1CCCC(NC(=O)c2cc3cc(Nc4nccc(-c5cn(C)cn5)n4)cc(Cl)c3[nH]2)C1. The summed E-state index contributed by atoms with van der Waals surface area (Å²) in [5.41, 5.74) is 3.42. The molecule has 9 nitrogen and oxygen atoms in total. The Hall–Kier alpha value is -3.43. The molecule has 1 saturated heterocycles. The average Bonchev–Trinajstić information content (AvgIpc) is 3.41. The lowest BCUT2D eigenvalue weighted by Crippen LogP contribution is -2.46. The van der Waals surface area contributed by atoms with Crippen molar-refractivity contribution in [1.29, 1.82) is 0 Å². The van der Waals surface area contributed by atoms with E-state index >= 15 is 0 Å². The van der Waals surface area contributed by atoms with Gasteiger partial charge in [0, 0.05) is 43.1 Å². The number of aromatic amines is 1. The number of aromatic nitrogens is 5. The number of hydrogen-bond acceptors (Lipinski definition) is 6. The van der Waals surface area contributed by atoms with Crippen molar-refractivity contribution in [3.05, 3.63) is 53.7 Å². The van der Waals surface area contributed by atoms with Crippen LogP contribution in [0.2, 0.25) is 5.02 Å². The molecule has 0 radical (unpaired) electrons. The van der Waals surface area contributed by atoms with Gasteiger partial charge < -0.3 is 25.1 Å². The van der Waals surface area contributed by atoms with Gasteiger partial charge in [-0.15, -0.1) is 0 Å². The number of carbonyl (C=O) groups excluding carboxylic acids is 1. The molecule has 5 rings (SSSR count). The normalized spacial score (nSPS) is 16.8. The lowest BCUT2D eigenvalue weighted by molar-refractivity contribution is 0.0908. The lowest BCUT2D eigenvalue weighted by atomic mass is 10.1. The molecule has 170 valence electrons. The van der Waals surface area contributed by atoms with Gasteiger partial charge in [0.15, 0.2) is 0 Å². The summed E-state index contributed by atoms with van der Waals surface area (Å²) in [6, 6.07) is 7.48. The number of imidazole rings is 1. The van der Waals surface area contributed by atoms with Gasteiger partial charge in [-0.05, 0) is 50.7 Å². The van der Waals surface area contributed by atoms with Crippen LogP contribution >= 0.6 is 11.6 Å². The number of amides is 1. The molecule has 10 heteroatoms. The Morgan fingerprint density at radius 3 is 2.88 bits per heavy atom. The molecule has 4 aromatic rings. The molecule has 33 heavy (non-hydrogen) atoms. The monoisotopic (exact) mass is 464 g/mol. The van der Waals surface area contributed by atoms with Gasteiger partial charge in [-0.25, -0.2) is 15.0 Å². The molecule has 1 amide bonds. The van der Waals surface area contributed by atoms with Gasteiger partial charge in [0.25, 0.3) is 5.91 Å². The van der Waals surface area contributed by atoms with Crippen molar-refractivity contribution in [2.24, 2.45) is 7.05 Å². The van der Waals surface area contributed by atoms with Crippen molar-refractivity contribution in [3.63, 3.8) is 0 Å². The van der Waals surface area contributed by atoms with Crippen LogP contribution in [0.25, 0.3) is 22.3 Å². The highest BCUT2D eigenvalue weighted by Crippen LogP contribution is 2.30. The van der Waals surface area contributed by atoms with Gasteiger partial charge in [0.1, 0.15) is 11.4 Å². The maximum atomic E-state index is 12.8. The number of fused-ring (bicyclic) bond motifs is 1. The molecule has 1 atom stereocenters. The molecule has 1 unspecified atom stereocenters.